The van der Waals surface area contributed by atoms with Gasteiger partial charge in [-0.25, -0.2) is 23.1 Å². The maximum Gasteiger partial charge on any atom is 0.355 e. The number of hydrogen-bond donors (Lipinski definition) is 0. The molecule has 2 aromatic carbocycles. The summed E-state index contributed by atoms with van der Waals surface area (Å²) >= 11 is 0. The fourth-order valence-electron chi connectivity index (χ4n) is 6.41. The Bertz CT molecular complexity index is 1900. The van der Waals surface area contributed by atoms with Crippen molar-refractivity contribution in [3.8, 4) is 16.9 Å². The SMILES string of the molecule is C=CC(=O)N1CCN(c2nc(=O)n3c4nc(c(F)cc24)-c2c(F)cccc2CC(=O)CCc2cccc(C(C)C)c2-3)[C@@H](C)C1. The van der Waals surface area contributed by atoms with Gasteiger partial charge in [-0.3, -0.25) is 9.59 Å². The minimum absolute atomic E-state index is 0.0104. The molecule has 10 heteroatoms. The van der Waals surface area contributed by atoms with E-state index in [1.165, 1.54) is 28.8 Å². The summed E-state index contributed by atoms with van der Waals surface area (Å²) in [5.41, 5.74) is 1.64. The lowest BCUT2D eigenvalue weighted by Crippen LogP contribution is -2.54. The Labute approximate surface area is 253 Å². The van der Waals surface area contributed by atoms with Crippen molar-refractivity contribution in [2.75, 3.05) is 24.5 Å². The van der Waals surface area contributed by atoms with Gasteiger partial charge in [-0.1, -0.05) is 50.8 Å². The van der Waals surface area contributed by atoms with E-state index in [-0.39, 0.29) is 64.6 Å². The number of piperazine rings is 1. The van der Waals surface area contributed by atoms with Crippen molar-refractivity contribution in [3.05, 3.63) is 93.9 Å². The number of rotatable bonds is 3. The quantitative estimate of drug-likeness (QED) is 0.305. The Morgan fingerprint density at radius 3 is 2.50 bits per heavy atom. The molecule has 2 aliphatic rings. The molecule has 8 nitrogen and oxygen atoms in total. The highest BCUT2D eigenvalue weighted by Crippen LogP contribution is 2.36. The summed E-state index contributed by atoms with van der Waals surface area (Å²) in [5.74, 6) is -1.60. The molecule has 6 rings (SSSR count). The van der Waals surface area contributed by atoms with E-state index in [2.05, 4.69) is 11.6 Å². The molecule has 0 radical (unpaired) electrons. The van der Waals surface area contributed by atoms with Crippen LogP contribution in [0.1, 0.15) is 49.8 Å². The molecule has 44 heavy (non-hydrogen) atoms. The zero-order valence-corrected chi connectivity index (χ0v) is 24.9. The summed E-state index contributed by atoms with van der Waals surface area (Å²) in [6, 6.07) is 11.0. The van der Waals surface area contributed by atoms with Crippen LogP contribution in [0.4, 0.5) is 14.6 Å². The van der Waals surface area contributed by atoms with Gasteiger partial charge in [0.05, 0.1) is 11.1 Å². The van der Waals surface area contributed by atoms with Crippen LogP contribution in [0, 0.1) is 11.6 Å². The standard InChI is InChI=1S/C34H33F2N5O3/c1-5-28(43)39-14-15-40(20(4)18-39)32-25-17-27(36)30-29-22(9-7-11-26(29)35)16-23(42)13-12-21-8-6-10-24(19(2)3)31(21)41(33(25)37-30)34(44)38-32/h5-11,17,19-20H,1,12-16,18H2,2-4H3/t20-/m0/s1. The predicted octanol–water partition coefficient (Wildman–Crippen LogP) is 5.13. The van der Waals surface area contributed by atoms with E-state index < -0.39 is 17.3 Å². The number of nitrogens with zero attached hydrogens (tertiary/aromatic N) is 5. The van der Waals surface area contributed by atoms with Crippen molar-refractivity contribution in [1.29, 1.82) is 0 Å². The number of carbonyl (C=O) groups is 2. The fraction of sp³-hybridized carbons (Fsp3) is 0.324. The zero-order chi connectivity index (χ0) is 31.3. The van der Waals surface area contributed by atoms with Crippen molar-refractivity contribution in [2.45, 2.75) is 52.0 Å². The fourth-order valence-corrected chi connectivity index (χ4v) is 6.41. The molecule has 4 aromatic rings. The number of pyridine rings is 1. The van der Waals surface area contributed by atoms with Crippen LogP contribution in [0.5, 0.6) is 0 Å². The summed E-state index contributed by atoms with van der Waals surface area (Å²) in [6.45, 7) is 10.6. The van der Waals surface area contributed by atoms with Gasteiger partial charge in [0.1, 0.15) is 28.9 Å². The second kappa shape index (κ2) is 11.4. The van der Waals surface area contributed by atoms with Crippen molar-refractivity contribution in [3.63, 3.8) is 0 Å². The van der Waals surface area contributed by atoms with Crippen LogP contribution in [-0.2, 0) is 22.4 Å². The number of Topliss-reactive ketones (excluding diaryl/α,β-unsaturated/α-hetero) is 1. The number of hydrogen-bond acceptors (Lipinski definition) is 6. The highest BCUT2D eigenvalue weighted by Gasteiger charge is 2.31. The smallest absolute Gasteiger partial charge is 0.350 e. The topological polar surface area (TPSA) is 88.4 Å². The number of fused-ring (bicyclic) bond motifs is 5. The average molecular weight is 598 g/mol. The summed E-state index contributed by atoms with van der Waals surface area (Å²) in [6.07, 6.45) is 1.69. The molecule has 1 fully saturated rings. The molecule has 1 atom stereocenters. The lowest BCUT2D eigenvalue weighted by molar-refractivity contribution is -0.126. The Morgan fingerprint density at radius 1 is 1.02 bits per heavy atom. The van der Waals surface area contributed by atoms with Crippen LogP contribution in [0.3, 0.4) is 0 Å². The normalized spacial score (nSPS) is 16.9. The Kier molecular flexibility index (Phi) is 7.61. The summed E-state index contributed by atoms with van der Waals surface area (Å²) in [4.78, 5) is 52.4. The van der Waals surface area contributed by atoms with E-state index in [1.807, 2.05) is 43.9 Å². The Hall–Kier alpha value is -4.73. The van der Waals surface area contributed by atoms with E-state index in [4.69, 9.17) is 4.98 Å². The van der Waals surface area contributed by atoms with Gasteiger partial charge in [0, 0.05) is 44.1 Å². The largest absolute Gasteiger partial charge is 0.355 e. The minimum Gasteiger partial charge on any atom is -0.350 e. The first-order valence-corrected chi connectivity index (χ1v) is 14.8. The molecule has 0 unspecified atom stereocenters. The van der Waals surface area contributed by atoms with Crippen molar-refractivity contribution in [1.82, 2.24) is 19.4 Å². The molecule has 0 aliphatic carbocycles. The molecule has 226 valence electrons. The molecule has 1 amide bonds. The van der Waals surface area contributed by atoms with Gasteiger partial charge < -0.3 is 9.80 Å². The monoisotopic (exact) mass is 597 g/mol. The molecule has 4 heterocycles. The third kappa shape index (κ3) is 4.98. The number of halogens is 2. The van der Waals surface area contributed by atoms with Gasteiger partial charge in [0.15, 0.2) is 5.65 Å². The third-order valence-corrected chi connectivity index (χ3v) is 8.58. The molecule has 2 bridgehead atoms. The summed E-state index contributed by atoms with van der Waals surface area (Å²) in [5, 5.41) is 0.289. The Morgan fingerprint density at radius 2 is 1.77 bits per heavy atom. The molecule has 1 saturated heterocycles. The first kappa shape index (κ1) is 29.3. The van der Waals surface area contributed by atoms with Gasteiger partial charge >= 0.3 is 5.69 Å². The van der Waals surface area contributed by atoms with Gasteiger partial charge in [0.25, 0.3) is 0 Å². The molecule has 2 aliphatic heterocycles. The van der Waals surface area contributed by atoms with Crippen LogP contribution in [0.2, 0.25) is 0 Å². The number of amides is 1. The van der Waals surface area contributed by atoms with Gasteiger partial charge in [-0.15, -0.1) is 0 Å². The maximum absolute atomic E-state index is 16.2. The zero-order valence-electron chi connectivity index (χ0n) is 24.9. The number of aromatic nitrogens is 3. The van der Waals surface area contributed by atoms with Gasteiger partial charge in [-0.2, -0.15) is 4.98 Å². The Balaban J connectivity index is 1.70. The summed E-state index contributed by atoms with van der Waals surface area (Å²) in [7, 11) is 0. The van der Waals surface area contributed by atoms with Crippen molar-refractivity contribution >= 4 is 28.5 Å². The van der Waals surface area contributed by atoms with Crippen LogP contribution in [0.15, 0.2) is 59.9 Å². The number of anilines is 1. The number of para-hydroxylation sites is 1. The molecule has 0 spiro atoms. The third-order valence-electron chi connectivity index (χ3n) is 8.58. The second-order valence-corrected chi connectivity index (χ2v) is 11.8. The number of benzene rings is 2. The lowest BCUT2D eigenvalue weighted by atomic mass is 9.92. The first-order valence-electron chi connectivity index (χ1n) is 14.8. The van der Waals surface area contributed by atoms with E-state index in [0.29, 0.717) is 37.3 Å². The minimum atomic E-state index is -0.799. The van der Waals surface area contributed by atoms with Crippen LogP contribution in [-0.4, -0.2) is 56.8 Å². The van der Waals surface area contributed by atoms with E-state index in [1.54, 1.807) is 11.0 Å². The van der Waals surface area contributed by atoms with Gasteiger partial charge in [0.2, 0.25) is 5.91 Å². The van der Waals surface area contributed by atoms with E-state index in [9.17, 15) is 14.4 Å². The highest BCUT2D eigenvalue weighted by atomic mass is 19.1. The molecule has 0 saturated carbocycles. The van der Waals surface area contributed by atoms with Crippen molar-refractivity contribution < 1.29 is 18.4 Å². The number of carbonyl (C=O) groups excluding carboxylic acids is 2. The molecular formula is C34H33F2N5O3. The van der Waals surface area contributed by atoms with Crippen LogP contribution >= 0.6 is 0 Å². The van der Waals surface area contributed by atoms with Crippen molar-refractivity contribution in [2.24, 2.45) is 0 Å². The molecule has 0 N–H and O–H groups in total. The maximum atomic E-state index is 16.2. The van der Waals surface area contributed by atoms with E-state index in [0.717, 1.165) is 11.1 Å². The average Bonchev–Trinajstić information content (AvgIpc) is 2.99. The van der Waals surface area contributed by atoms with Gasteiger partial charge in [-0.05, 0) is 54.2 Å². The van der Waals surface area contributed by atoms with Crippen LogP contribution < -0.4 is 10.6 Å². The molecular weight excluding hydrogens is 564 g/mol. The first-order chi connectivity index (χ1) is 21.1. The molecule has 2 aromatic heterocycles. The van der Waals surface area contributed by atoms with Crippen LogP contribution in [0.25, 0.3) is 28.0 Å². The number of aryl methyl sites for hydroxylation is 1. The highest BCUT2D eigenvalue weighted by molar-refractivity contribution is 5.92. The second-order valence-electron chi connectivity index (χ2n) is 11.8. The summed E-state index contributed by atoms with van der Waals surface area (Å²) < 4.78 is 33.0. The predicted molar refractivity (Wildman–Crippen MR) is 165 cm³/mol. The number of ketones is 1. The van der Waals surface area contributed by atoms with E-state index >= 15 is 8.78 Å². The lowest BCUT2D eigenvalue weighted by Gasteiger charge is -2.40.